The van der Waals surface area contributed by atoms with E-state index < -0.39 is 0 Å². The van der Waals surface area contributed by atoms with Crippen molar-refractivity contribution in [3.8, 4) is 0 Å². The largest absolute Gasteiger partial charge is 0.324 e. The van der Waals surface area contributed by atoms with Crippen LogP contribution in [0.2, 0.25) is 0 Å². The van der Waals surface area contributed by atoms with Crippen molar-refractivity contribution in [1.29, 1.82) is 0 Å². The highest BCUT2D eigenvalue weighted by Crippen LogP contribution is 2.22. The summed E-state index contributed by atoms with van der Waals surface area (Å²) in [5, 5.41) is 0. The number of hydrogen-bond donors (Lipinski definition) is 0. The Morgan fingerprint density at radius 3 is 2.44 bits per heavy atom. The highest BCUT2D eigenvalue weighted by Gasteiger charge is 2.12. The summed E-state index contributed by atoms with van der Waals surface area (Å²) in [6.07, 6.45) is 4.25. The van der Waals surface area contributed by atoms with Crippen LogP contribution in [0.1, 0.15) is 42.5 Å². The van der Waals surface area contributed by atoms with Crippen LogP contribution in [0.5, 0.6) is 0 Å². The third kappa shape index (κ3) is 2.67. The zero-order chi connectivity index (χ0) is 13.2. The molecular formula is C15H18N2O. The Morgan fingerprint density at radius 1 is 1.22 bits per heavy atom. The van der Waals surface area contributed by atoms with Gasteiger partial charge in [-0.1, -0.05) is 45.0 Å². The highest BCUT2D eigenvalue weighted by molar-refractivity contribution is 5.69. The molecule has 0 radical (unpaired) electrons. The first-order valence-electron chi connectivity index (χ1n) is 6.06. The summed E-state index contributed by atoms with van der Waals surface area (Å²) in [6.45, 7) is 7.27. The normalized spacial score (nSPS) is 11.5. The van der Waals surface area contributed by atoms with Gasteiger partial charge in [-0.05, 0) is 16.5 Å². The summed E-state index contributed by atoms with van der Waals surface area (Å²) in [6, 6.07) is 8.50. The van der Waals surface area contributed by atoms with Crippen LogP contribution in [0, 0.1) is 0 Å². The Bertz CT molecular complexity index is 532. The van der Waals surface area contributed by atoms with Crippen LogP contribution in [-0.4, -0.2) is 15.8 Å². The number of rotatable bonds is 3. The molecule has 0 unspecified atom stereocenters. The zero-order valence-corrected chi connectivity index (χ0v) is 11.1. The van der Waals surface area contributed by atoms with Crippen LogP contribution in [-0.2, 0) is 12.0 Å². The fourth-order valence-electron chi connectivity index (χ4n) is 1.88. The van der Waals surface area contributed by atoms with E-state index in [0.29, 0.717) is 12.4 Å². The Morgan fingerprint density at radius 2 is 1.89 bits per heavy atom. The van der Waals surface area contributed by atoms with Crippen molar-refractivity contribution in [2.45, 2.75) is 32.7 Å². The average molecular weight is 242 g/mol. The van der Waals surface area contributed by atoms with Crippen molar-refractivity contribution < 1.29 is 4.79 Å². The molecule has 3 nitrogen and oxygen atoms in total. The second-order valence-corrected chi connectivity index (χ2v) is 5.48. The fourth-order valence-corrected chi connectivity index (χ4v) is 1.88. The molecule has 0 fully saturated rings. The molecule has 1 heterocycles. The number of hydrogen-bond acceptors (Lipinski definition) is 2. The van der Waals surface area contributed by atoms with Gasteiger partial charge in [0.15, 0.2) is 12.1 Å². The Hall–Kier alpha value is -1.90. The second-order valence-electron chi connectivity index (χ2n) is 5.48. The van der Waals surface area contributed by atoms with Gasteiger partial charge in [0, 0.05) is 18.9 Å². The minimum atomic E-state index is 0.168. The minimum absolute atomic E-state index is 0.168. The summed E-state index contributed by atoms with van der Waals surface area (Å²) in [7, 11) is 0. The molecule has 0 saturated carbocycles. The van der Waals surface area contributed by atoms with Crippen molar-refractivity contribution in [3.63, 3.8) is 0 Å². The molecular weight excluding hydrogens is 224 g/mol. The molecule has 1 aromatic carbocycles. The van der Waals surface area contributed by atoms with Gasteiger partial charge in [0.1, 0.15) is 0 Å². The Kier molecular flexibility index (Phi) is 3.32. The fraction of sp³-hybridized carbons (Fsp3) is 0.333. The lowest BCUT2D eigenvalue weighted by Crippen LogP contribution is -2.11. The van der Waals surface area contributed by atoms with E-state index in [1.165, 1.54) is 11.1 Å². The molecule has 94 valence electrons. The summed E-state index contributed by atoms with van der Waals surface area (Å²) in [5.74, 6) is 0.467. The number of aldehydes is 1. The summed E-state index contributed by atoms with van der Waals surface area (Å²) >= 11 is 0. The lowest BCUT2D eigenvalue weighted by molar-refractivity contribution is 0.111. The van der Waals surface area contributed by atoms with Gasteiger partial charge in [-0.3, -0.25) is 4.79 Å². The number of carbonyl (C=O) groups is 1. The zero-order valence-electron chi connectivity index (χ0n) is 11.1. The molecule has 0 bridgehead atoms. The number of benzene rings is 1. The van der Waals surface area contributed by atoms with Gasteiger partial charge in [-0.2, -0.15) is 0 Å². The van der Waals surface area contributed by atoms with Gasteiger partial charge in [0.25, 0.3) is 0 Å². The molecule has 2 aromatic rings. The molecule has 18 heavy (non-hydrogen) atoms. The Balaban J connectivity index is 2.19. The molecule has 3 heteroatoms. The third-order valence-corrected chi connectivity index (χ3v) is 3.03. The van der Waals surface area contributed by atoms with Gasteiger partial charge < -0.3 is 4.57 Å². The van der Waals surface area contributed by atoms with Crippen LogP contribution in [0.25, 0.3) is 0 Å². The van der Waals surface area contributed by atoms with Crippen LogP contribution < -0.4 is 0 Å². The van der Waals surface area contributed by atoms with E-state index in [1.807, 2.05) is 10.8 Å². The molecule has 2 rings (SSSR count). The van der Waals surface area contributed by atoms with E-state index >= 15 is 0 Å². The van der Waals surface area contributed by atoms with E-state index in [2.05, 4.69) is 50.0 Å². The number of carbonyl (C=O) groups excluding carboxylic acids is 1. The number of imidazole rings is 1. The molecule has 1 aromatic heterocycles. The molecule has 0 aliphatic heterocycles. The predicted molar refractivity (Wildman–Crippen MR) is 71.9 cm³/mol. The van der Waals surface area contributed by atoms with Crippen LogP contribution in [0.3, 0.4) is 0 Å². The molecule has 0 atom stereocenters. The van der Waals surface area contributed by atoms with Gasteiger partial charge in [-0.25, -0.2) is 4.98 Å². The molecule has 0 spiro atoms. The standard InChI is InChI=1S/C15H18N2O/c1-15(2,3)13-6-4-12(5-7-13)10-17-9-8-16-14(17)11-18/h4-9,11H,10H2,1-3H3. The van der Waals surface area contributed by atoms with Crippen LogP contribution in [0.4, 0.5) is 0 Å². The first-order chi connectivity index (χ1) is 8.50. The van der Waals surface area contributed by atoms with E-state index in [0.717, 1.165) is 6.29 Å². The number of aromatic nitrogens is 2. The van der Waals surface area contributed by atoms with Crippen molar-refractivity contribution >= 4 is 6.29 Å². The average Bonchev–Trinajstić information content (AvgIpc) is 2.76. The number of nitrogens with zero attached hydrogens (tertiary/aromatic N) is 2. The van der Waals surface area contributed by atoms with Crippen molar-refractivity contribution in [3.05, 3.63) is 53.6 Å². The van der Waals surface area contributed by atoms with Crippen LogP contribution in [0.15, 0.2) is 36.7 Å². The maximum Gasteiger partial charge on any atom is 0.185 e. The monoisotopic (exact) mass is 242 g/mol. The smallest absolute Gasteiger partial charge is 0.185 e. The van der Waals surface area contributed by atoms with Gasteiger partial charge in [0.05, 0.1) is 0 Å². The van der Waals surface area contributed by atoms with Crippen LogP contribution >= 0.6 is 0 Å². The molecule has 0 amide bonds. The topological polar surface area (TPSA) is 34.9 Å². The van der Waals surface area contributed by atoms with Crippen molar-refractivity contribution in [1.82, 2.24) is 9.55 Å². The first-order valence-corrected chi connectivity index (χ1v) is 6.06. The quantitative estimate of drug-likeness (QED) is 0.775. The summed E-state index contributed by atoms with van der Waals surface area (Å²) < 4.78 is 1.85. The lowest BCUT2D eigenvalue weighted by atomic mass is 9.87. The minimum Gasteiger partial charge on any atom is -0.324 e. The van der Waals surface area contributed by atoms with Gasteiger partial charge >= 0.3 is 0 Å². The second kappa shape index (κ2) is 4.77. The van der Waals surface area contributed by atoms with E-state index in [4.69, 9.17) is 0 Å². The maximum atomic E-state index is 10.8. The molecule has 0 aliphatic carbocycles. The molecule has 0 saturated heterocycles. The van der Waals surface area contributed by atoms with Crippen molar-refractivity contribution in [2.75, 3.05) is 0 Å². The predicted octanol–water partition coefficient (Wildman–Crippen LogP) is 3.04. The lowest BCUT2D eigenvalue weighted by Gasteiger charge is -2.19. The molecule has 0 N–H and O–H groups in total. The summed E-state index contributed by atoms with van der Waals surface area (Å²) in [5.41, 5.74) is 2.65. The third-order valence-electron chi connectivity index (χ3n) is 3.03. The molecule has 0 aliphatic rings. The summed E-state index contributed by atoms with van der Waals surface area (Å²) in [4.78, 5) is 14.8. The maximum absolute atomic E-state index is 10.8. The van der Waals surface area contributed by atoms with E-state index in [9.17, 15) is 4.79 Å². The van der Waals surface area contributed by atoms with E-state index in [-0.39, 0.29) is 5.41 Å². The van der Waals surface area contributed by atoms with Gasteiger partial charge in [0.2, 0.25) is 0 Å². The van der Waals surface area contributed by atoms with Gasteiger partial charge in [-0.15, -0.1) is 0 Å². The van der Waals surface area contributed by atoms with Crippen molar-refractivity contribution in [2.24, 2.45) is 0 Å². The SMILES string of the molecule is CC(C)(C)c1ccc(Cn2ccnc2C=O)cc1. The van der Waals surface area contributed by atoms with E-state index in [1.54, 1.807) is 6.20 Å². The first kappa shape index (κ1) is 12.6. The Labute approximate surface area is 107 Å². The highest BCUT2D eigenvalue weighted by atomic mass is 16.1.